The van der Waals surface area contributed by atoms with Gasteiger partial charge in [0.05, 0.1) is 15.9 Å². The molecule has 0 amide bonds. The van der Waals surface area contributed by atoms with Crippen LogP contribution in [-0.2, 0) is 0 Å². The first-order chi connectivity index (χ1) is 9.58. The molecule has 0 saturated carbocycles. The van der Waals surface area contributed by atoms with Crippen LogP contribution in [0.3, 0.4) is 0 Å². The maximum atomic E-state index is 11.0. The smallest absolute Gasteiger partial charge is 0.299 e. The van der Waals surface area contributed by atoms with Crippen LogP contribution in [0.1, 0.15) is 19.3 Å². The Labute approximate surface area is 115 Å². The van der Waals surface area contributed by atoms with Gasteiger partial charge >= 0.3 is 0 Å². The summed E-state index contributed by atoms with van der Waals surface area (Å²) >= 11 is 0. The molecule has 0 aliphatic carbocycles. The highest BCUT2D eigenvalue weighted by Crippen LogP contribution is 2.29. The molecule has 108 valence electrons. The van der Waals surface area contributed by atoms with E-state index in [1.165, 1.54) is 12.1 Å². The molecular weight excluding hydrogens is 264 g/mol. The summed E-state index contributed by atoms with van der Waals surface area (Å²) in [5, 5.41) is 28.1. The maximum absolute atomic E-state index is 11.0. The van der Waals surface area contributed by atoms with Crippen LogP contribution in [-0.4, -0.2) is 29.0 Å². The van der Waals surface area contributed by atoms with Crippen molar-refractivity contribution in [1.82, 2.24) is 5.32 Å². The predicted octanol–water partition coefficient (Wildman–Crippen LogP) is 2.06. The quantitative estimate of drug-likeness (QED) is 0.645. The zero-order valence-electron chi connectivity index (χ0n) is 10.9. The van der Waals surface area contributed by atoms with E-state index in [4.69, 9.17) is 0 Å². The van der Waals surface area contributed by atoms with Gasteiger partial charge in [0.15, 0.2) is 0 Å². The molecule has 1 aliphatic rings. The summed E-state index contributed by atoms with van der Waals surface area (Å²) in [4.78, 5) is 20.5. The highest BCUT2D eigenvalue weighted by atomic mass is 16.6. The monoisotopic (exact) mass is 280 g/mol. The summed E-state index contributed by atoms with van der Waals surface area (Å²) < 4.78 is 0. The minimum absolute atomic E-state index is 0.0951. The average molecular weight is 280 g/mol. The summed E-state index contributed by atoms with van der Waals surface area (Å²) in [6.07, 6.45) is 3.05. The van der Waals surface area contributed by atoms with Crippen molar-refractivity contribution in [2.45, 2.75) is 25.3 Å². The lowest BCUT2D eigenvalue weighted by Crippen LogP contribution is -2.31. The van der Waals surface area contributed by atoms with Crippen molar-refractivity contribution in [3.63, 3.8) is 0 Å². The normalized spacial score (nSPS) is 19.1. The zero-order valence-corrected chi connectivity index (χ0v) is 10.9. The fourth-order valence-electron chi connectivity index (χ4n) is 2.27. The van der Waals surface area contributed by atoms with Crippen LogP contribution < -0.4 is 10.6 Å². The van der Waals surface area contributed by atoms with Crippen LogP contribution >= 0.6 is 0 Å². The molecule has 2 N–H and O–H groups in total. The molecule has 20 heavy (non-hydrogen) atoms. The molecule has 0 bridgehead atoms. The van der Waals surface area contributed by atoms with Gasteiger partial charge in [-0.2, -0.15) is 0 Å². The van der Waals surface area contributed by atoms with Gasteiger partial charge in [-0.15, -0.1) is 0 Å². The van der Waals surface area contributed by atoms with Gasteiger partial charge in [-0.25, -0.2) is 0 Å². The number of non-ortho nitro benzene ring substituents is 1. The molecule has 8 nitrogen and oxygen atoms in total. The Morgan fingerprint density at radius 1 is 1.20 bits per heavy atom. The van der Waals surface area contributed by atoms with E-state index in [1.54, 1.807) is 0 Å². The Hall–Kier alpha value is -2.22. The van der Waals surface area contributed by atoms with Crippen molar-refractivity contribution in [2.24, 2.45) is 0 Å². The van der Waals surface area contributed by atoms with Crippen LogP contribution in [0.15, 0.2) is 18.2 Å². The number of nitro groups is 2. The van der Waals surface area contributed by atoms with Crippen LogP contribution in [0.25, 0.3) is 0 Å². The Kier molecular flexibility index (Phi) is 4.46. The average Bonchev–Trinajstić information content (AvgIpc) is 2.67. The molecule has 0 spiro atoms. The van der Waals surface area contributed by atoms with Gasteiger partial charge in [-0.3, -0.25) is 20.2 Å². The molecule has 1 heterocycles. The summed E-state index contributed by atoms with van der Waals surface area (Å²) in [5.41, 5.74) is -0.209. The number of nitrogens with zero attached hydrogens (tertiary/aromatic N) is 2. The van der Waals surface area contributed by atoms with E-state index in [2.05, 4.69) is 10.6 Å². The number of anilines is 1. The van der Waals surface area contributed by atoms with E-state index in [1.807, 2.05) is 0 Å². The molecule has 1 atom stereocenters. The fourth-order valence-corrected chi connectivity index (χ4v) is 2.27. The second-order valence-corrected chi connectivity index (χ2v) is 4.76. The van der Waals surface area contributed by atoms with Crippen molar-refractivity contribution >= 4 is 17.1 Å². The third-order valence-corrected chi connectivity index (χ3v) is 3.30. The number of nitro benzene ring substituents is 2. The van der Waals surface area contributed by atoms with E-state index in [9.17, 15) is 20.2 Å². The van der Waals surface area contributed by atoms with Crippen molar-refractivity contribution in [2.75, 3.05) is 18.4 Å². The maximum Gasteiger partial charge on any atom is 0.299 e. The third-order valence-electron chi connectivity index (χ3n) is 3.30. The van der Waals surface area contributed by atoms with Gasteiger partial charge in [-0.05, 0) is 25.5 Å². The molecule has 8 heteroatoms. The summed E-state index contributed by atoms with van der Waals surface area (Å²) in [7, 11) is 0. The summed E-state index contributed by atoms with van der Waals surface area (Å²) in [5.74, 6) is 0. The Morgan fingerprint density at radius 3 is 2.70 bits per heavy atom. The lowest BCUT2D eigenvalue weighted by atomic mass is 10.1. The Balaban J connectivity index is 2.21. The van der Waals surface area contributed by atoms with E-state index in [0.29, 0.717) is 5.69 Å². The van der Waals surface area contributed by atoms with E-state index < -0.39 is 9.85 Å². The minimum atomic E-state index is -0.635. The van der Waals surface area contributed by atoms with Gasteiger partial charge in [0.25, 0.3) is 11.4 Å². The fraction of sp³-hybridized carbons (Fsp3) is 0.500. The summed E-state index contributed by atoms with van der Waals surface area (Å²) in [6.45, 7) is 1.68. The molecule has 1 aromatic carbocycles. The molecule has 1 saturated heterocycles. The molecule has 1 aromatic rings. The van der Waals surface area contributed by atoms with Gasteiger partial charge in [0.2, 0.25) is 0 Å². The zero-order chi connectivity index (χ0) is 14.5. The molecule has 1 unspecified atom stereocenters. The molecule has 2 rings (SSSR count). The molecule has 0 aromatic heterocycles. The molecule has 1 aliphatic heterocycles. The second-order valence-electron chi connectivity index (χ2n) is 4.76. The summed E-state index contributed by atoms with van der Waals surface area (Å²) in [6, 6.07) is 3.77. The van der Waals surface area contributed by atoms with Crippen LogP contribution in [0.5, 0.6) is 0 Å². The van der Waals surface area contributed by atoms with Crippen molar-refractivity contribution in [1.29, 1.82) is 0 Å². The number of rotatable bonds is 4. The van der Waals surface area contributed by atoms with Gasteiger partial charge in [0.1, 0.15) is 5.69 Å². The Morgan fingerprint density at radius 2 is 2.00 bits per heavy atom. The van der Waals surface area contributed by atoms with E-state index in [-0.39, 0.29) is 17.4 Å². The molecule has 1 fully saturated rings. The van der Waals surface area contributed by atoms with Crippen LogP contribution in [0.4, 0.5) is 17.1 Å². The van der Waals surface area contributed by atoms with Crippen molar-refractivity contribution in [3.05, 3.63) is 38.4 Å². The SMILES string of the molecule is O=[N+]([O-])c1ccc(NC2CCCCNC2)c([N+](=O)[O-])c1. The van der Waals surface area contributed by atoms with E-state index >= 15 is 0 Å². The lowest BCUT2D eigenvalue weighted by molar-refractivity contribution is -0.393. The second kappa shape index (κ2) is 6.29. The first kappa shape index (κ1) is 14.2. The van der Waals surface area contributed by atoms with E-state index in [0.717, 1.165) is 38.4 Å². The molecule has 0 radical (unpaired) electrons. The standard InChI is InChI=1S/C12H16N4O4/c17-15(18)10-4-5-11(12(7-10)16(19)20)14-9-3-1-2-6-13-8-9/h4-5,7,9,13-14H,1-3,6,8H2. The van der Waals surface area contributed by atoms with Crippen molar-refractivity contribution in [3.8, 4) is 0 Å². The van der Waals surface area contributed by atoms with Crippen molar-refractivity contribution < 1.29 is 9.85 Å². The van der Waals surface area contributed by atoms with Crippen LogP contribution in [0.2, 0.25) is 0 Å². The number of nitrogens with one attached hydrogen (secondary N) is 2. The first-order valence-corrected chi connectivity index (χ1v) is 6.48. The predicted molar refractivity (Wildman–Crippen MR) is 73.9 cm³/mol. The van der Waals surface area contributed by atoms with Crippen LogP contribution in [0, 0.1) is 20.2 Å². The van der Waals surface area contributed by atoms with Gasteiger partial charge in [-0.1, -0.05) is 6.42 Å². The number of hydrogen-bond donors (Lipinski definition) is 2. The lowest BCUT2D eigenvalue weighted by Gasteiger charge is -2.17. The number of benzene rings is 1. The molecular formula is C12H16N4O4. The number of hydrogen-bond acceptors (Lipinski definition) is 6. The highest BCUT2D eigenvalue weighted by Gasteiger charge is 2.21. The van der Waals surface area contributed by atoms with Gasteiger partial charge < -0.3 is 10.6 Å². The largest absolute Gasteiger partial charge is 0.375 e. The Bertz CT molecular complexity index is 512. The first-order valence-electron chi connectivity index (χ1n) is 6.48. The third kappa shape index (κ3) is 3.41. The topological polar surface area (TPSA) is 110 Å². The van der Waals surface area contributed by atoms with Gasteiger partial charge in [0, 0.05) is 18.7 Å². The highest BCUT2D eigenvalue weighted by molar-refractivity contribution is 5.65. The minimum Gasteiger partial charge on any atom is -0.375 e.